The van der Waals surface area contributed by atoms with Gasteiger partial charge in [0.2, 0.25) is 0 Å². The lowest BCUT2D eigenvalue weighted by molar-refractivity contribution is 0.812. The molecule has 0 amide bonds. The average molecular weight is 100 g/mol. The van der Waals surface area contributed by atoms with Gasteiger partial charge in [-0.1, -0.05) is 32.2 Å². The van der Waals surface area contributed by atoms with Crippen LogP contribution in [0.2, 0.25) is 6.04 Å². The summed E-state index contributed by atoms with van der Waals surface area (Å²) in [6, 6.07) is 1.34. The number of rotatable bonds is 3. The van der Waals surface area contributed by atoms with E-state index >= 15 is 0 Å². The molecule has 0 aromatic carbocycles. The van der Waals surface area contributed by atoms with E-state index in [-0.39, 0.29) is 0 Å². The van der Waals surface area contributed by atoms with Crippen LogP contribution in [0.5, 0.6) is 0 Å². The van der Waals surface area contributed by atoms with Crippen molar-refractivity contribution in [1.82, 2.24) is 0 Å². The third-order valence-corrected chi connectivity index (χ3v) is 1.25. The minimum Gasteiger partial charge on any atom is -0.0652 e. The largest absolute Gasteiger partial charge is 0.0652 e. The smallest absolute Gasteiger partial charge is 0.00797 e. The van der Waals surface area contributed by atoms with Crippen molar-refractivity contribution in [2.24, 2.45) is 0 Å². The molecule has 0 saturated carbocycles. The van der Waals surface area contributed by atoms with E-state index in [1.165, 1.54) is 18.9 Å². The second kappa shape index (κ2) is 5.22. The van der Waals surface area contributed by atoms with Crippen LogP contribution < -0.4 is 0 Å². The molecule has 0 aliphatic carbocycles. The van der Waals surface area contributed by atoms with Crippen LogP contribution in [0.3, 0.4) is 0 Å². The Balaban J connectivity index is 2.34. The van der Waals surface area contributed by atoms with Gasteiger partial charge in [0.25, 0.3) is 0 Å². The van der Waals surface area contributed by atoms with Crippen LogP contribution in [0.25, 0.3) is 0 Å². The van der Waals surface area contributed by atoms with E-state index < -0.39 is 0 Å². The molecule has 0 nitrogen and oxygen atoms in total. The molecule has 0 aromatic rings. The van der Waals surface area contributed by atoms with Gasteiger partial charge in [-0.3, -0.25) is 0 Å². The van der Waals surface area contributed by atoms with E-state index in [2.05, 4.69) is 6.92 Å². The van der Waals surface area contributed by atoms with Gasteiger partial charge in [-0.15, -0.1) is 0 Å². The zero-order valence-electron chi connectivity index (χ0n) is 4.24. The standard InChI is InChI=1S/C5H12Si/c1-2-3-4-5-6/h1-6H2. The van der Waals surface area contributed by atoms with Crippen LogP contribution in [0.1, 0.15) is 19.3 Å². The fraction of sp³-hybridized carbons (Fsp3) is 0.800. The van der Waals surface area contributed by atoms with Crippen molar-refractivity contribution in [2.45, 2.75) is 25.3 Å². The zero-order valence-corrected chi connectivity index (χ0v) is 5.66. The zero-order chi connectivity index (χ0) is 4.83. The lowest BCUT2D eigenvalue weighted by Gasteiger charge is -1.85. The molecule has 0 fully saturated rings. The lowest BCUT2D eigenvalue weighted by atomic mass is 10.3. The van der Waals surface area contributed by atoms with Crippen LogP contribution in [0, 0.1) is 6.92 Å². The molecule has 0 bridgehead atoms. The molecule has 0 aliphatic heterocycles. The first-order chi connectivity index (χ1) is 2.91. The number of unbranched alkanes of at least 4 members (excludes halogenated alkanes) is 2. The maximum absolute atomic E-state index is 3.73. The minimum absolute atomic E-state index is 1.11. The fourth-order valence-electron chi connectivity index (χ4n) is 0.354. The molecule has 0 saturated heterocycles. The summed E-state index contributed by atoms with van der Waals surface area (Å²) in [5.74, 6) is 0. The van der Waals surface area contributed by atoms with E-state index in [0.29, 0.717) is 0 Å². The van der Waals surface area contributed by atoms with Crippen molar-refractivity contribution < 1.29 is 0 Å². The summed E-state index contributed by atoms with van der Waals surface area (Å²) in [7, 11) is 2.04. The first-order valence-corrected chi connectivity index (χ1v) is 3.50. The third-order valence-electron chi connectivity index (χ3n) is 0.750. The quantitative estimate of drug-likeness (QED) is 0.367. The van der Waals surface area contributed by atoms with E-state index in [0.717, 1.165) is 6.42 Å². The van der Waals surface area contributed by atoms with Gasteiger partial charge in [0.15, 0.2) is 0 Å². The summed E-state index contributed by atoms with van der Waals surface area (Å²) in [5, 5.41) is 0. The highest BCUT2D eigenvalue weighted by Gasteiger charge is 1.75. The highest BCUT2D eigenvalue weighted by atomic mass is 28.1. The summed E-state index contributed by atoms with van der Waals surface area (Å²) in [5.41, 5.74) is 0. The van der Waals surface area contributed by atoms with Gasteiger partial charge in [0.1, 0.15) is 0 Å². The predicted molar refractivity (Wildman–Crippen MR) is 32.6 cm³/mol. The maximum atomic E-state index is 3.73. The highest BCUT2D eigenvalue weighted by molar-refractivity contribution is 6.08. The Kier molecular flexibility index (Phi) is 5.41. The number of hydrogen-bond acceptors (Lipinski definition) is 0. The third kappa shape index (κ3) is 4.22. The van der Waals surface area contributed by atoms with Crippen molar-refractivity contribution >= 4 is 10.2 Å². The number of hydrogen-bond donors (Lipinski definition) is 0. The van der Waals surface area contributed by atoms with Crippen LogP contribution in [0.4, 0.5) is 0 Å². The van der Waals surface area contributed by atoms with Crippen LogP contribution in [-0.2, 0) is 0 Å². The maximum Gasteiger partial charge on any atom is 0.00797 e. The summed E-state index contributed by atoms with van der Waals surface area (Å²) in [4.78, 5) is 0. The molecule has 1 heteroatoms. The fourth-order valence-corrected chi connectivity index (χ4v) is 0.707. The lowest BCUT2D eigenvalue weighted by Crippen LogP contribution is -1.69. The molecule has 0 rings (SSSR count). The van der Waals surface area contributed by atoms with Crippen LogP contribution in [0.15, 0.2) is 0 Å². The topological polar surface area (TPSA) is 0 Å². The van der Waals surface area contributed by atoms with Crippen LogP contribution >= 0.6 is 0 Å². The molecule has 6 heavy (non-hydrogen) atoms. The second-order valence-electron chi connectivity index (χ2n) is 1.41. The van der Waals surface area contributed by atoms with E-state index in [9.17, 15) is 0 Å². The summed E-state index contributed by atoms with van der Waals surface area (Å²) >= 11 is 0. The Morgan fingerprint density at radius 3 is 2.17 bits per heavy atom. The van der Waals surface area contributed by atoms with E-state index in [1.807, 2.05) is 10.2 Å². The monoisotopic (exact) mass is 100 g/mol. The Labute approximate surface area is 43.4 Å². The van der Waals surface area contributed by atoms with Crippen molar-refractivity contribution in [1.29, 1.82) is 0 Å². The van der Waals surface area contributed by atoms with Crippen molar-refractivity contribution in [3.63, 3.8) is 0 Å². The minimum atomic E-state index is 1.11. The first kappa shape index (κ1) is 6.22. The van der Waals surface area contributed by atoms with Gasteiger partial charge in [-0.2, -0.15) is 0 Å². The van der Waals surface area contributed by atoms with E-state index in [1.54, 1.807) is 0 Å². The molecule has 2 radical (unpaired) electrons. The van der Waals surface area contributed by atoms with Gasteiger partial charge in [0, 0.05) is 10.2 Å². The molecule has 0 N–H and O–H groups in total. The molecule has 0 aromatic heterocycles. The van der Waals surface area contributed by atoms with Gasteiger partial charge in [-0.05, 0) is 0 Å². The van der Waals surface area contributed by atoms with Gasteiger partial charge >= 0.3 is 0 Å². The summed E-state index contributed by atoms with van der Waals surface area (Å²) in [6.07, 6.45) is 3.78. The van der Waals surface area contributed by atoms with Crippen LogP contribution in [-0.4, -0.2) is 10.2 Å². The molecule has 0 unspecified atom stereocenters. The molecular formula is C5H12Si. The SMILES string of the molecule is [CH2]CCCC[SiH2]. The van der Waals surface area contributed by atoms with Crippen molar-refractivity contribution in [3.8, 4) is 0 Å². The average Bonchev–Trinajstić information content (AvgIpc) is 1.61. The first-order valence-electron chi connectivity index (χ1n) is 2.50. The molecule has 0 aliphatic rings. The normalized spacial score (nSPS) is 9.00. The second-order valence-corrected chi connectivity index (χ2v) is 2.12. The highest BCUT2D eigenvalue weighted by Crippen LogP contribution is 1.94. The summed E-state index contributed by atoms with van der Waals surface area (Å²) in [6.45, 7) is 3.73. The van der Waals surface area contributed by atoms with Crippen molar-refractivity contribution in [2.75, 3.05) is 0 Å². The van der Waals surface area contributed by atoms with Crippen molar-refractivity contribution in [3.05, 3.63) is 6.92 Å². The Bertz CT molecular complexity index is 15.9. The summed E-state index contributed by atoms with van der Waals surface area (Å²) < 4.78 is 0. The van der Waals surface area contributed by atoms with E-state index in [4.69, 9.17) is 0 Å². The molecule has 36 valence electrons. The molecular weight excluding hydrogens is 88.1 g/mol. The Morgan fingerprint density at radius 1 is 1.33 bits per heavy atom. The molecule has 0 atom stereocenters. The molecule has 0 heterocycles. The van der Waals surface area contributed by atoms with Gasteiger partial charge < -0.3 is 0 Å². The Hall–Kier alpha value is 0.217. The Morgan fingerprint density at radius 2 is 2.00 bits per heavy atom. The van der Waals surface area contributed by atoms with Gasteiger partial charge in [-0.25, -0.2) is 0 Å². The van der Waals surface area contributed by atoms with Gasteiger partial charge in [0.05, 0.1) is 0 Å². The predicted octanol–water partition coefficient (Wildman–Crippen LogP) is 1.04. The molecule has 0 spiro atoms.